The van der Waals surface area contributed by atoms with E-state index in [4.69, 9.17) is 4.52 Å². The van der Waals surface area contributed by atoms with Crippen molar-refractivity contribution < 1.29 is 9.32 Å². The molecular formula is C23H23N3O2. The molecule has 142 valence electrons. The molecule has 5 nitrogen and oxygen atoms in total. The summed E-state index contributed by atoms with van der Waals surface area (Å²) in [5.74, 6) is 1.83. The van der Waals surface area contributed by atoms with Crippen molar-refractivity contribution in [1.82, 2.24) is 10.5 Å². The molecule has 0 bridgehead atoms. The summed E-state index contributed by atoms with van der Waals surface area (Å²) in [7, 11) is 0. The van der Waals surface area contributed by atoms with Crippen LogP contribution < -0.4 is 10.6 Å². The molecule has 0 unspecified atom stereocenters. The second-order valence-electron chi connectivity index (χ2n) is 7.82. The van der Waals surface area contributed by atoms with Gasteiger partial charge < -0.3 is 15.2 Å². The fourth-order valence-corrected chi connectivity index (χ4v) is 3.56. The maximum Gasteiger partial charge on any atom is 0.277 e. The molecular weight excluding hydrogens is 350 g/mol. The van der Waals surface area contributed by atoms with Crippen LogP contribution in [0.1, 0.15) is 41.2 Å². The van der Waals surface area contributed by atoms with Crippen LogP contribution in [0, 0.1) is 5.92 Å². The van der Waals surface area contributed by atoms with Gasteiger partial charge in [0.25, 0.3) is 5.91 Å². The van der Waals surface area contributed by atoms with Crippen LogP contribution >= 0.6 is 0 Å². The molecule has 2 saturated carbocycles. The van der Waals surface area contributed by atoms with Crippen molar-refractivity contribution in [2.24, 2.45) is 5.92 Å². The van der Waals surface area contributed by atoms with Gasteiger partial charge in [-0.25, -0.2) is 0 Å². The van der Waals surface area contributed by atoms with E-state index in [9.17, 15) is 4.79 Å². The molecule has 2 N–H and O–H groups in total. The minimum absolute atomic E-state index is 0.269. The van der Waals surface area contributed by atoms with Crippen molar-refractivity contribution in [3.05, 3.63) is 71.9 Å². The molecule has 1 amide bonds. The van der Waals surface area contributed by atoms with Gasteiger partial charge in [-0.3, -0.25) is 4.79 Å². The van der Waals surface area contributed by atoms with Gasteiger partial charge in [0.1, 0.15) is 0 Å². The van der Waals surface area contributed by atoms with E-state index in [0.717, 1.165) is 23.7 Å². The SMILES string of the molecule is O=C(Nc1ccc([C@@H]2C[C@H]2NCC2CC2)cc1)c1cc(-c2ccccc2)on1. The van der Waals surface area contributed by atoms with Crippen LogP contribution in [0.4, 0.5) is 5.69 Å². The smallest absolute Gasteiger partial charge is 0.277 e. The number of hydrogen-bond donors (Lipinski definition) is 2. The number of benzene rings is 2. The lowest BCUT2D eigenvalue weighted by Crippen LogP contribution is -2.20. The molecule has 1 heterocycles. The van der Waals surface area contributed by atoms with Crippen molar-refractivity contribution in [3.8, 4) is 11.3 Å². The summed E-state index contributed by atoms with van der Waals surface area (Å²) in [6.07, 6.45) is 3.98. The number of rotatable bonds is 7. The minimum Gasteiger partial charge on any atom is -0.355 e. The Labute approximate surface area is 164 Å². The Morgan fingerprint density at radius 2 is 1.86 bits per heavy atom. The highest BCUT2D eigenvalue weighted by Crippen LogP contribution is 2.41. The summed E-state index contributed by atoms with van der Waals surface area (Å²) in [5.41, 5.74) is 3.27. The highest BCUT2D eigenvalue weighted by atomic mass is 16.5. The first-order chi connectivity index (χ1) is 13.8. The molecule has 2 aromatic carbocycles. The molecule has 0 saturated heterocycles. The summed E-state index contributed by atoms with van der Waals surface area (Å²) in [5, 5.41) is 10.5. The van der Waals surface area contributed by atoms with Crippen LogP contribution in [0.3, 0.4) is 0 Å². The minimum atomic E-state index is -0.269. The zero-order chi connectivity index (χ0) is 18.9. The molecule has 0 aliphatic heterocycles. The van der Waals surface area contributed by atoms with Crippen molar-refractivity contribution in [2.45, 2.75) is 31.2 Å². The molecule has 5 rings (SSSR count). The predicted molar refractivity (Wildman–Crippen MR) is 108 cm³/mol. The lowest BCUT2D eigenvalue weighted by Gasteiger charge is -2.06. The average Bonchev–Trinajstić information content (AvgIpc) is 3.65. The van der Waals surface area contributed by atoms with Crippen molar-refractivity contribution in [3.63, 3.8) is 0 Å². The number of carbonyl (C=O) groups excluding carboxylic acids is 1. The lowest BCUT2D eigenvalue weighted by atomic mass is 10.1. The Morgan fingerprint density at radius 1 is 1.07 bits per heavy atom. The van der Waals surface area contributed by atoms with Crippen LogP contribution in [0.15, 0.2) is 65.2 Å². The summed E-state index contributed by atoms with van der Waals surface area (Å²) in [6, 6.07) is 20.0. The van der Waals surface area contributed by atoms with Crippen LogP contribution in [-0.4, -0.2) is 23.7 Å². The molecule has 1 aromatic heterocycles. The van der Waals surface area contributed by atoms with Crippen LogP contribution in [-0.2, 0) is 0 Å². The Balaban J connectivity index is 1.18. The third-order valence-electron chi connectivity index (χ3n) is 5.55. The molecule has 2 atom stereocenters. The molecule has 2 aliphatic rings. The first kappa shape index (κ1) is 17.2. The Bertz CT molecular complexity index is 961. The van der Waals surface area contributed by atoms with E-state index in [-0.39, 0.29) is 11.6 Å². The Hall–Kier alpha value is -2.92. The first-order valence-corrected chi connectivity index (χ1v) is 9.93. The summed E-state index contributed by atoms with van der Waals surface area (Å²) >= 11 is 0. The maximum atomic E-state index is 12.5. The third-order valence-corrected chi connectivity index (χ3v) is 5.55. The van der Waals surface area contributed by atoms with Gasteiger partial charge in [0.15, 0.2) is 11.5 Å². The first-order valence-electron chi connectivity index (χ1n) is 9.93. The van der Waals surface area contributed by atoms with Gasteiger partial charge in [-0.05, 0) is 49.4 Å². The quantitative estimate of drug-likeness (QED) is 0.642. The third kappa shape index (κ3) is 3.85. The fourth-order valence-electron chi connectivity index (χ4n) is 3.56. The molecule has 2 fully saturated rings. The van der Waals surface area contributed by atoms with Crippen molar-refractivity contribution >= 4 is 11.6 Å². The van der Waals surface area contributed by atoms with E-state index in [0.29, 0.717) is 17.7 Å². The number of nitrogens with zero attached hydrogens (tertiary/aromatic N) is 1. The highest BCUT2D eigenvalue weighted by Gasteiger charge is 2.38. The fraction of sp³-hybridized carbons (Fsp3) is 0.304. The number of hydrogen-bond acceptors (Lipinski definition) is 4. The van der Waals surface area contributed by atoms with E-state index in [1.807, 2.05) is 42.5 Å². The predicted octanol–water partition coefficient (Wildman–Crippen LogP) is 4.45. The van der Waals surface area contributed by atoms with Crippen molar-refractivity contribution in [2.75, 3.05) is 11.9 Å². The molecule has 3 aromatic rings. The molecule has 5 heteroatoms. The standard InChI is InChI=1S/C23H23N3O2/c27-23(21-13-22(28-26-21)17-4-2-1-3-5-17)25-18-10-8-16(9-11-18)19-12-20(19)24-14-15-6-7-15/h1-5,8-11,13,15,19-20,24H,6-7,12,14H2,(H,25,27)/t19-,20+/m0/s1. The van der Waals surface area contributed by atoms with E-state index < -0.39 is 0 Å². The molecule has 0 spiro atoms. The maximum absolute atomic E-state index is 12.5. The Morgan fingerprint density at radius 3 is 2.61 bits per heavy atom. The summed E-state index contributed by atoms with van der Waals surface area (Å²) < 4.78 is 5.31. The van der Waals surface area contributed by atoms with E-state index in [1.54, 1.807) is 6.07 Å². The lowest BCUT2D eigenvalue weighted by molar-refractivity contribution is 0.101. The largest absolute Gasteiger partial charge is 0.355 e. The van der Waals surface area contributed by atoms with Crippen LogP contribution in [0.2, 0.25) is 0 Å². The normalized spacial score (nSPS) is 20.7. The average molecular weight is 373 g/mol. The number of amides is 1. The van der Waals surface area contributed by atoms with Gasteiger partial charge in [0.05, 0.1) is 0 Å². The summed E-state index contributed by atoms with van der Waals surface area (Å²) in [6.45, 7) is 1.16. The van der Waals surface area contributed by atoms with Gasteiger partial charge in [-0.15, -0.1) is 0 Å². The Kier molecular flexibility index (Phi) is 4.45. The van der Waals surface area contributed by atoms with E-state index in [2.05, 4.69) is 27.9 Å². The molecule has 0 radical (unpaired) electrons. The van der Waals surface area contributed by atoms with Gasteiger partial charge in [0.2, 0.25) is 0 Å². The van der Waals surface area contributed by atoms with Gasteiger partial charge in [-0.1, -0.05) is 47.6 Å². The van der Waals surface area contributed by atoms with E-state index >= 15 is 0 Å². The number of anilines is 1. The van der Waals surface area contributed by atoms with Crippen molar-refractivity contribution in [1.29, 1.82) is 0 Å². The number of carbonyl (C=O) groups is 1. The van der Waals surface area contributed by atoms with Crippen LogP contribution in [0.25, 0.3) is 11.3 Å². The zero-order valence-electron chi connectivity index (χ0n) is 15.6. The van der Waals surface area contributed by atoms with E-state index in [1.165, 1.54) is 24.8 Å². The number of aromatic nitrogens is 1. The van der Waals surface area contributed by atoms with Gasteiger partial charge in [0, 0.05) is 29.3 Å². The second kappa shape index (κ2) is 7.24. The number of nitrogens with one attached hydrogen (secondary N) is 2. The van der Waals surface area contributed by atoms with Crippen LogP contribution in [0.5, 0.6) is 0 Å². The second-order valence-corrected chi connectivity index (χ2v) is 7.82. The monoisotopic (exact) mass is 373 g/mol. The molecule has 28 heavy (non-hydrogen) atoms. The van der Waals surface area contributed by atoms with Gasteiger partial charge >= 0.3 is 0 Å². The topological polar surface area (TPSA) is 67.2 Å². The highest BCUT2D eigenvalue weighted by molar-refractivity contribution is 6.03. The molecule has 2 aliphatic carbocycles. The van der Waals surface area contributed by atoms with Gasteiger partial charge in [-0.2, -0.15) is 0 Å². The zero-order valence-corrected chi connectivity index (χ0v) is 15.6. The summed E-state index contributed by atoms with van der Waals surface area (Å²) in [4.78, 5) is 12.5.